The van der Waals surface area contributed by atoms with Gasteiger partial charge in [-0.25, -0.2) is 0 Å². The highest BCUT2D eigenvalue weighted by Crippen LogP contribution is 2.27. The van der Waals surface area contributed by atoms with Crippen molar-refractivity contribution in [1.29, 1.82) is 0 Å². The van der Waals surface area contributed by atoms with Crippen LogP contribution in [0.3, 0.4) is 0 Å². The Bertz CT molecular complexity index is 260. The van der Waals surface area contributed by atoms with Crippen molar-refractivity contribution in [3.05, 3.63) is 0 Å². The van der Waals surface area contributed by atoms with E-state index in [2.05, 4.69) is 32.7 Å². The van der Waals surface area contributed by atoms with Crippen LogP contribution < -0.4 is 0 Å². The summed E-state index contributed by atoms with van der Waals surface area (Å²) in [4.78, 5) is 7.03. The maximum atomic E-state index is 5.71. The zero-order chi connectivity index (χ0) is 11.4. The lowest BCUT2D eigenvalue weighted by atomic mass is 10.1. The van der Waals surface area contributed by atoms with Crippen molar-refractivity contribution in [1.82, 2.24) is 4.90 Å². The SMILES string of the molecule is CCOC1CCCN(C2=NCC(CBr)S2)C1. The Morgan fingerprint density at radius 3 is 3.19 bits per heavy atom. The molecule has 16 heavy (non-hydrogen) atoms. The number of ether oxygens (including phenoxy) is 1. The second kappa shape index (κ2) is 6.26. The molecule has 0 radical (unpaired) electrons. The molecule has 0 aromatic carbocycles. The standard InChI is InChI=1S/C11H19BrN2OS/c1-2-15-9-4-3-5-14(8-9)11-13-7-10(6-12)16-11/h9-10H,2-8H2,1H3. The number of alkyl halides is 1. The van der Waals surface area contributed by atoms with E-state index >= 15 is 0 Å². The maximum Gasteiger partial charge on any atom is 0.159 e. The number of hydrogen-bond acceptors (Lipinski definition) is 4. The van der Waals surface area contributed by atoms with Crippen LogP contribution in [0.15, 0.2) is 4.99 Å². The van der Waals surface area contributed by atoms with Gasteiger partial charge in [0.1, 0.15) is 0 Å². The molecule has 1 saturated heterocycles. The predicted octanol–water partition coefficient (Wildman–Crippen LogP) is 2.35. The molecule has 0 aromatic heterocycles. The first-order chi connectivity index (χ1) is 7.83. The summed E-state index contributed by atoms with van der Waals surface area (Å²) in [5, 5.41) is 2.89. The van der Waals surface area contributed by atoms with E-state index in [1.165, 1.54) is 18.0 Å². The lowest BCUT2D eigenvalue weighted by molar-refractivity contribution is 0.0243. The van der Waals surface area contributed by atoms with Crippen molar-refractivity contribution in [2.45, 2.75) is 31.1 Å². The van der Waals surface area contributed by atoms with Crippen LogP contribution in [0.2, 0.25) is 0 Å². The smallest absolute Gasteiger partial charge is 0.159 e. The van der Waals surface area contributed by atoms with Gasteiger partial charge in [0.15, 0.2) is 5.17 Å². The van der Waals surface area contributed by atoms with Crippen molar-refractivity contribution >= 4 is 32.9 Å². The molecule has 2 atom stereocenters. The monoisotopic (exact) mass is 306 g/mol. The summed E-state index contributed by atoms with van der Waals surface area (Å²) >= 11 is 5.44. The van der Waals surface area contributed by atoms with E-state index in [4.69, 9.17) is 4.74 Å². The predicted molar refractivity (Wildman–Crippen MR) is 73.7 cm³/mol. The highest BCUT2D eigenvalue weighted by Gasteiger charge is 2.27. The van der Waals surface area contributed by atoms with Gasteiger partial charge in [-0.1, -0.05) is 27.7 Å². The summed E-state index contributed by atoms with van der Waals surface area (Å²) in [5.41, 5.74) is 0. The molecule has 0 N–H and O–H groups in total. The van der Waals surface area contributed by atoms with Crippen LogP contribution in [0, 0.1) is 0 Å². The van der Waals surface area contributed by atoms with Crippen LogP contribution in [0.25, 0.3) is 0 Å². The van der Waals surface area contributed by atoms with Crippen LogP contribution in [0.4, 0.5) is 0 Å². The number of halogens is 1. The molecule has 2 heterocycles. The van der Waals surface area contributed by atoms with Gasteiger partial charge >= 0.3 is 0 Å². The summed E-state index contributed by atoms with van der Waals surface area (Å²) in [6, 6.07) is 0. The van der Waals surface area contributed by atoms with Gasteiger partial charge in [-0.3, -0.25) is 4.99 Å². The first kappa shape index (κ1) is 12.7. The lowest BCUT2D eigenvalue weighted by Gasteiger charge is -2.33. The van der Waals surface area contributed by atoms with Crippen LogP contribution in [0.5, 0.6) is 0 Å². The Hall–Kier alpha value is 0.260. The molecule has 92 valence electrons. The largest absolute Gasteiger partial charge is 0.377 e. The molecule has 0 spiro atoms. The van der Waals surface area contributed by atoms with Crippen molar-refractivity contribution in [3.63, 3.8) is 0 Å². The zero-order valence-electron chi connectivity index (χ0n) is 9.69. The molecule has 1 fully saturated rings. The summed E-state index contributed by atoms with van der Waals surface area (Å²) in [5.74, 6) is 0. The van der Waals surface area contributed by atoms with Crippen molar-refractivity contribution in [2.75, 3.05) is 31.6 Å². The van der Waals surface area contributed by atoms with E-state index in [-0.39, 0.29) is 0 Å². The number of hydrogen-bond donors (Lipinski definition) is 0. The third-order valence-electron chi connectivity index (χ3n) is 2.93. The van der Waals surface area contributed by atoms with E-state index in [1.54, 1.807) is 0 Å². The molecule has 0 aliphatic carbocycles. The second-order valence-electron chi connectivity index (χ2n) is 4.18. The van der Waals surface area contributed by atoms with Gasteiger partial charge in [-0.05, 0) is 19.8 Å². The summed E-state index contributed by atoms with van der Waals surface area (Å²) in [7, 11) is 0. The Morgan fingerprint density at radius 1 is 1.62 bits per heavy atom. The van der Waals surface area contributed by atoms with Crippen LogP contribution in [-0.4, -0.2) is 53.0 Å². The first-order valence-corrected chi connectivity index (χ1v) is 7.97. The average molecular weight is 307 g/mol. The minimum Gasteiger partial charge on any atom is -0.377 e. The van der Waals surface area contributed by atoms with Gasteiger partial charge in [0.05, 0.1) is 12.6 Å². The van der Waals surface area contributed by atoms with Crippen LogP contribution >= 0.6 is 27.7 Å². The Balaban J connectivity index is 1.85. The van der Waals surface area contributed by atoms with Gasteiger partial charge < -0.3 is 9.64 Å². The van der Waals surface area contributed by atoms with Crippen LogP contribution in [-0.2, 0) is 4.74 Å². The number of amidine groups is 1. The number of piperidine rings is 1. The summed E-state index contributed by atoms with van der Waals surface area (Å²) in [6.45, 7) is 6.02. The molecule has 0 amide bonds. The fourth-order valence-corrected chi connectivity index (χ4v) is 3.72. The number of likely N-dealkylation sites (tertiary alicyclic amines) is 1. The van der Waals surface area contributed by atoms with E-state index in [1.807, 2.05) is 11.8 Å². The van der Waals surface area contributed by atoms with Crippen LogP contribution in [0.1, 0.15) is 19.8 Å². The Morgan fingerprint density at radius 2 is 2.50 bits per heavy atom. The lowest BCUT2D eigenvalue weighted by Crippen LogP contribution is -2.41. The third kappa shape index (κ3) is 3.14. The molecule has 0 bridgehead atoms. The third-order valence-corrected chi connectivity index (χ3v) is 5.38. The number of rotatable bonds is 3. The minimum absolute atomic E-state index is 0.407. The molecular weight excluding hydrogens is 288 g/mol. The maximum absolute atomic E-state index is 5.71. The van der Waals surface area contributed by atoms with Gasteiger partial charge in [-0.15, -0.1) is 0 Å². The van der Waals surface area contributed by atoms with Gasteiger partial charge in [0, 0.05) is 30.3 Å². The topological polar surface area (TPSA) is 24.8 Å². The molecule has 2 aliphatic heterocycles. The van der Waals surface area contributed by atoms with Gasteiger partial charge in [-0.2, -0.15) is 0 Å². The molecule has 2 unspecified atom stereocenters. The van der Waals surface area contributed by atoms with Gasteiger partial charge in [0.25, 0.3) is 0 Å². The Labute approximate surface area is 110 Å². The fourth-order valence-electron chi connectivity index (χ4n) is 2.14. The van der Waals surface area contributed by atoms with Crippen molar-refractivity contribution in [2.24, 2.45) is 4.99 Å². The highest BCUT2D eigenvalue weighted by atomic mass is 79.9. The molecule has 0 aromatic rings. The van der Waals surface area contributed by atoms with E-state index in [0.717, 1.165) is 31.6 Å². The quantitative estimate of drug-likeness (QED) is 0.748. The molecule has 2 rings (SSSR count). The molecular formula is C11H19BrN2OS. The highest BCUT2D eigenvalue weighted by molar-refractivity contribution is 9.09. The first-order valence-electron chi connectivity index (χ1n) is 5.97. The van der Waals surface area contributed by atoms with Gasteiger partial charge in [0.2, 0.25) is 0 Å². The second-order valence-corrected chi connectivity index (χ2v) is 6.10. The fraction of sp³-hybridized carbons (Fsp3) is 0.909. The normalized spacial score (nSPS) is 30.6. The minimum atomic E-state index is 0.407. The summed E-state index contributed by atoms with van der Waals surface area (Å²) < 4.78 is 5.71. The number of nitrogens with zero attached hydrogens (tertiary/aromatic N) is 2. The van der Waals surface area contributed by atoms with Crippen molar-refractivity contribution in [3.8, 4) is 0 Å². The summed E-state index contributed by atoms with van der Waals surface area (Å²) in [6.07, 6.45) is 2.83. The zero-order valence-corrected chi connectivity index (χ0v) is 12.1. The molecule has 0 saturated carbocycles. The molecule has 3 nitrogen and oxygen atoms in total. The van der Waals surface area contributed by atoms with E-state index in [9.17, 15) is 0 Å². The average Bonchev–Trinajstić information content (AvgIpc) is 2.78. The van der Waals surface area contributed by atoms with E-state index < -0.39 is 0 Å². The number of thioether (sulfide) groups is 1. The Kier molecular flexibility index (Phi) is 4.97. The van der Waals surface area contributed by atoms with Crippen molar-refractivity contribution < 1.29 is 4.74 Å². The molecule has 5 heteroatoms. The number of aliphatic imine (C=N–C) groups is 1. The molecule has 2 aliphatic rings. The van der Waals surface area contributed by atoms with E-state index in [0.29, 0.717) is 11.4 Å².